The molecule has 3 atom stereocenters. The lowest BCUT2D eigenvalue weighted by Gasteiger charge is -2.39. The van der Waals surface area contributed by atoms with Gasteiger partial charge in [-0.15, -0.1) is 0 Å². The third-order valence-corrected chi connectivity index (χ3v) is 8.23. The molecule has 2 aliphatic rings. The van der Waals surface area contributed by atoms with Crippen molar-refractivity contribution in [3.8, 4) is 0 Å². The monoisotopic (exact) mass is 611 g/mol. The van der Waals surface area contributed by atoms with E-state index in [0.29, 0.717) is 23.5 Å². The van der Waals surface area contributed by atoms with E-state index in [1.54, 1.807) is 66.4 Å². The fourth-order valence-electron chi connectivity index (χ4n) is 5.89. The van der Waals surface area contributed by atoms with Gasteiger partial charge in [-0.2, -0.15) is 0 Å². The summed E-state index contributed by atoms with van der Waals surface area (Å²) >= 11 is 0. The molecule has 0 aliphatic carbocycles. The molecule has 0 aromatic heterocycles. The van der Waals surface area contributed by atoms with Crippen LogP contribution in [0.5, 0.6) is 0 Å². The van der Waals surface area contributed by atoms with Gasteiger partial charge in [0.1, 0.15) is 0 Å². The summed E-state index contributed by atoms with van der Waals surface area (Å²) < 4.78 is 5.24. The summed E-state index contributed by atoms with van der Waals surface area (Å²) in [7, 11) is 0. The number of β-lactam (4-membered cyclic amide) rings is 1. The number of para-hydroxylation sites is 1. The lowest BCUT2D eigenvalue weighted by molar-refractivity contribution is -0.154. The molecule has 1 fully saturated rings. The Kier molecular flexibility index (Phi) is 9.45. The number of benzene rings is 3. The van der Waals surface area contributed by atoms with Crippen molar-refractivity contribution in [1.82, 2.24) is 4.90 Å². The third kappa shape index (κ3) is 6.52. The molecule has 1 unspecified atom stereocenters. The molecule has 5 rings (SSSR count). The summed E-state index contributed by atoms with van der Waals surface area (Å²) in [4.78, 5) is 55.3. The summed E-state index contributed by atoms with van der Waals surface area (Å²) in [5, 5.41) is 21.5. The van der Waals surface area contributed by atoms with Crippen LogP contribution in [0.15, 0.2) is 91.0 Å². The van der Waals surface area contributed by atoms with Crippen LogP contribution in [0.3, 0.4) is 0 Å². The lowest BCUT2D eigenvalue weighted by Crippen LogP contribution is -2.54. The molecule has 3 aromatic carbocycles. The van der Waals surface area contributed by atoms with Crippen LogP contribution in [0.1, 0.15) is 43.4 Å². The number of aliphatic hydroxyl groups excluding tert-OH is 1. The number of aliphatic hydroxyl groups is 2. The lowest BCUT2D eigenvalue weighted by atomic mass is 9.83. The Bertz CT molecular complexity index is 1610. The fraction of sp³-hybridized carbons (Fsp3) is 0.314. The Hall–Kier alpha value is -4.80. The van der Waals surface area contributed by atoms with Crippen LogP contribution in [-0.2, 0) is 42.6 Å². The Morgan fingerprint density at radius 1 is 1.04 bits per heavy atom. The first-order valence-corrected chi connectivity index (χ1v) is 14.9. The zero-order chi connectivity index (χ0) is 32.1. The van der Waals surface area contributed by atoms with Crippen molar-refractivity contribution in [2.24, 2.45) is 5.92 Å². The molecule has 234 valence electrons. The van der Waals surface area contributed by atoms with E-state index in [0.717, 1.165) is 11.1 Å². The molecular weight excluding hydrogens is 574 g/mol. The first kappa shape index (κ1) is 31.6. The zero-order valence-corrected chi connectivity index (χ0v) is 25.3. The van der Waals surface area contributed by atoms with Gasteiger partial charge in [-0.3, -0.25) is 24.1 Å². The van der Waals surface area contributed by atoms with Crippen molar-refractivity contribution in [1.29, 1.82) is 0 Å². The molecule has 0 radical (unpaired) electrons. The summed E-state index contributed by atoms with van der Waals surface area (Å²) in [6.07, 6.45) is 2.83. The topological polar surface area (TPSA) is 128 Å². The molecular formula is C35H37N3O7. The maximum atomic E-state index is 14.0. The number of fused-ring (bicyclic) bond motifs is 1. The SMILES string of the molecule is CC(=O)OC1CC(=O)N1c1cccc(CN2C(=O)[C@@](O)([C@@H](C)/C=C/CC(=O)N(CCO)Cc3ccccc3)c3ccccc32)c1. The van der Waals surface area contributed by atoms with E-state index in [1.807, 2.05) is 36.4 Å². The zero-order valence-electron chi connectivity index (χ0n) is 25.3. The number of anilines is 2. The van der Waals surface area contributed by atoms with Crippen molar-refractivity contribution in [2.75, 3.05) is 23.0 Å². The summed E-state index contributed by atoms with van der Waals surface area (Å²) in [5.41, 5.74) is 1.39. The van der Waals surface area contributed by atoms with E-state index in [-0.39, 0.29) is 44.4 Å². The van der Waals surface area contributed by atoms with Gasteiger partial charge in [0.05, 0.1) is 25.3 Å². The second-order valence-electron chi connectivity index (χ2n) is 11.3. The predicted octanol–water partition coefficient (Wildman–Crippen LogP) is 3.65. The van der Waals surface area contributed by atoms with E-state index in [9.17, 15) is 29.4 Å². The molecule has 3 amide bonds. The van der Waals surface area contributed by atoms with Crippen LogP contribution in [0, 0.1) is 5.92 Å². The third-order valence-electron chi connectivity index (χ3n) is 8.23. The maximum Gasteiger partial charge on any atom is 0.304 e. The number of rotatable bonds is 12. The minimum Gasteiger partial charge on any atom is -0.441 e. The van der Waals surface area contributed by atoms with Crippen LogP contribution in [-0.4, -0.2) is 58.2 Å². The quantitative estimate of drug-likeness (QED) is 0.182. The summed E-state index contributed by atoms with van der Waals surface area (Å²) in [5.74, 6) is -2.00. The van der Waals surface area contributed by atoms with Gasteiger partial charge in [-0.1, -0.05) is 79.7 Å². The van der Waals surface area contributed by atoms with Crippen molar-refractivity contribution >= 4 is 35.1 Å². The Balaban J connectivity index is 1.31. The van der Waals surface area contributed by atoms with E-state index < -0.39 is 29.6 Å². The molecule has 3 aromatic rings. The molecule has 2 N–H and O–H groups in total. The van der Waals surface area contributed by atoms with Gasteiger partial charge in [-0.25, -0.2) is 0 Å². The largest absolute Gasteiger partial charge is 0.441 e. The number of amides is 3. The smallest absolute Gasteiger partial charge is 0.304 e. The van der Waals surface area contributed by atoms with E-state index in [4.69, 9.17) is 4.74 Å². The number of esters is 1. The number of hydrogen-bond acceptors (Lipinski definition) is 7. The Morgan fingerprint density at radius 3 is 2.47 bits per heavy atom. The molecule has 45 heavy (non-hydrogen) atoms. The van der Waals surface area contributed by atoms with Gasteiger partial charge in [0.2, 0.25) is 11.8 Å². The molecule has 2 heterocycles. The van der Waals surface area contributed by atoms with Crippen LogP contribution in [0.25, 0.3) is 0 Å². The molecule has 10 nitrogen and oxygen atoms in total. The van der Waals surface area contributed by atoms with Gasteiger partial charge in [0, 0.05) is 43.6 Å². The highest BCUT2D eigenvalue weighted by atomic mass is 16.6. The predicted molar refractivity (Wildman–Crippen MR) is 167 cm³/mol. The highest BCUT2D eigenvalue weighted by Crippen LogP contribution is 2.45. The van der Waals surface area contributed by atoms with Gasteiger partial charge in [0.25, 0.3) is 5.91 Å². The molecule has 0 bridgehead atoms. The van der Waals surface area contributed by atoms with Crippen LogP contribution in [0.2, 0.25) is 0 Å². The molecule has 0 spiro atoms. The average Bonchev–Trinajstić information content (AvgIpc) is 3.23. The van der Waals surface area contributed by atoms with Crippen LogP contribution < -0.4 is 9.80 Å². The minimum absolute atomic E-state index is 0.0448. The first-order valence-electron chi connectivity index (χ1n) is 14.9. The van der Waals surface area contributed by atoms with Crippen molar-refractivity contribution in [3.05, 3.63) is 108 Å². The number of ether oxygens (including phenoxy) is 1. The normalized spacial score (nSPS) is 19.8. The maximum absolute atomic E-state index is 14.0. The van der Waals surface area contributed by atoms with Crippen molar-refractivity contribution in [2.45, 2.75) is 51.6 Å². The molecule has 0 saturated carbocycles. The first-order chi connectivity index (χ1) is 21.6. The van der Waals surface area contributed by atoms with Crippen molar-refractivity contribution in [3.63, 3.8) is 0 Å². The van der Waals surface area contributed by atoms with E-state index in [1.165, 1.54) is 16.7 Å². The van der Waals surface area contributed by atoms with Gasteiger partial charge < -0.3 is 24.7 Å². The molecule has 2 aliphatic heterocycles. The molecule has 10 heteroatoms. The molecule has 1 saturated heterocycles. The summed E-state index contributed by atoms with van der Waals surface area (Å²) in [6, 6.07) is 23.7. The van der Waals surface area contributed by atoms with Gasteiger partial charge in [-0.05, 0) is 29.3 Å². The number of carbonyl (C=O) groups excluding carboxylic acids is 4. The van der Waals surface area contributed by atoms with E-state index >= 15 is 0 Å². The van der Waals surface area contributed by atoms with Gasteiger partial charge in [0.15, 0.2) is 11.8 Å². The number of carbonyl (C=O) groups is 4. The Labute approximate surface area is 262 Å². The van der Waals surface area contributed by atoms with Crippen LogP contribution in [0.4, 0.5) is 11.4 Å². The Morgan fingerprint density at radius 2 is 1.76 bits per heavy atom. The van der Waals surface area contributed by atoms with Gasteiger partial charge >= 0.3 is 5.97 Å². The van der Waals surface area contributed by atoms with Crippen LogP contribution >= 0.6 is 0 Å². The number of hydrogen-bond donors (Lipinski definition) is 2. The van der Waals surface area contributed by atoms with E-state index in [2.05, 4.69) is 0 Å². The second kappa shape index (κ2) is 13.5. The fourth-order valence-corrected chi connectivity index (χ4v) is 5.89. The highest BCUT2D eigenvalue weighted by Gasteiger charge is 2.52. The minimum atomic E-state index is -1.86. The standard InChI is InChI=1S/C35H37N3O7/c1-24(10-8-17-31(41)36(18-19-39)22-26-11-4-3-5-12-26)35(44)29-15-6-7-16-30(29)37(34(35)43)23-27-13-9-14-28(20-27)38-32(42)21-33(38)45-25(2)40/h3-16,20,24,33,39,44H,17-19,21-23H2,1-2H3/b10-8+/t24-,33?,35+/m0/s1. The summed E-state index contributed by atoms with van der Waals surface area (Å²) in [6.45, 7) is 3.56. The highest BCUT2D eigenvalue weighted by molar-refractivity contribution is 6.07. The average molecular weight is 612 g/mol. The number of nitrogens with zero attached hydrogens (tertiary/aromatic N) is 3. The second-order valence-corrected chi connectivity index (χ2v) is 11.3. The van der Waals surface area contributed by atoms with Crippen molar-refractivity contribution < 1.29 is 34.1 Å².